The molecule has 0 atom stereocenters. The third-order valence-corrected chi connectivity index (χ3v) is 5.49. The van der Waals surface area contributed by atoms with Gasteiger partial charge in [0, 0.05) is 5.56 Å². The first kappa shape index (κ1) is 16.9. The molecule has 0 aliphatic heterocycles. The van der Waals surface area contributed by atoms with Gasteiger partial charge in [0.25, 0.3) is 5.91 Å². The monoisotopic (exact) mass is 379 g/mol. The molecule has 0 unspecified atom stereocenters. The van der Waals surface area contributed by atoms with Gasteiger partial charge in [0.15, 0.2) is 4.34 Å². The van der Waals surface area contributed by atoms with Crippen LogP contribution in [0.25, 0.3) is 10.2 Å². The van der Waals surface area contributed by atoms with E-state index in [1.165, 1.54) is 41.4 Å². The zero-order chi connectivity index (χ0) is 16.9. The van der Waals surface area contributed by atoms with Crippen molar-refractivity contribution in [1.29, 1.82) is 0 Å². The van der Waals surface area contributed by atoms with E-state index in [0.717, 1.165) is 14.6 Å². The van der Waals surface area contributed by atoms with Gasteiger partial charge in [-0.05, 0) is 24.3 Å². The first-order valence-corrected chi connectivity index (χ1v) is 9.06. The molecule has 1 heterocycles. The zero-order valence-corrected chi connectivity index (χ0v) is 14.6. The standard InChI is InChI=1S/C16H11ClFN3OS2/c17-11-4-3-5-12(18)10(11)8-19-21-15(22)9-23-16-20-13-6-1-2-7-14(13)24-16/h1-8H,9H2,(H,21,22). The number of nitrogens with one attached hydrogen (secondary N) is 1. The molecule has 0 spiro atoms. The Labute approximate surface area is 150 Å². The van der Waals surface area contributed by atoms with Crippen molar-refractivity contribution in [3.63, 3.8) is 0 Å². The number of thioether (sulfide) groups is 1. The van der Waals surface area contributed by atoms with Gasteiger partial charge in [0.1, 0.15) is 5.82 Å². The second kappa shape index (κ2) is 7.74. The molecule has 8 heteroatoms. The van der Waals surface area contributed by atoms with Crippen molar-refractivity contribution < 1.29 is 9.18 Å². The molecule has 122 valence electrons. The number of thiazole rings is 1. The number of carbonyl (C=O) groups is 1. The predicted molar refractivity (Wildman–Crippen MR) is 97.5 cm³/mol. The van der Waals surface area contributed by atoms with E-state index in [0.29, 0.717) is 0 Å². The first-order chi connectivity index (χ1) is 11.6. The van der Waals surface area contributed by atoms with Gasteiger partial charge in [-0.2, -0.15) is 5.10 Å². The van der Waals surface area contributed by atoms with Gasteiger partial charge < -0.3 is 0 Å². The molecule has 0 bridgehead atoms. The lowest BCUT2D eigenvalue weighted by atomic mass is 10.2. The van der Waals surface area contributed by atoms with E-state index >= 15 is 0 Å². The lowest BCUT2D eigenvalue weighted by molar-refractivity contribution is -0.118. The minimum Gasteiger partial charge on any atom is -0.272 e. The lowest BCUT2D eigenvalue weighted by Gasteiger charge is -2.00. The van der Waals surface area contributed by atoms with Crippen LogP contribution >= 0.6 is 34.7 Å². The van der Waals surface area contributed by atoms with Crippen molar-refractivity contribution in [1.82, 2.24) is 10.4 Å². The zero-order valence-electron chi connectivity index (χ0n) is 12.2. The average Bonchev–Trinajstić information content (AvgIpc) is 2.98. The summed E-state index contributed by atoms with van der Waals surface area (Å²) in [6.07, 6.45) is 1.19. The Kier molecular flexibility index (Phi) is 5.44. The second-order valence-electron chi connectivity index (χ2n) is 4.66. The smallest absolute Gasteiger partial charge is 0.250 e. The number of amides is 1. The fraction of sp³-hybridized carbons (Fsp3) is 0.0625. The maximum absolute atomic E-state index is 13.5. The molecule has 3 rings (SSSR count). The van der Waals surface area contributed by atoms with Crippen LogP contribution in [-0.2, 0) is 4.79 Å². The Morgan fingerprint density at radius 2 is 2.17 bits per heavy atom. The van der Waals surface area contributed by atoms with Crippen LogP contribution in [0, 0.1) is 5.82 Å². The number of carbonyl (C=O) groups excluding carboxylic acids is 1. The van der Waals surface area contributed by atoms with Crippen molar-refractivity contribution in [2.45, 2.75) is 4.34 Å². The number of nitrogens with zero attached hydrogens (tertiary/aromatic N) is 2. The molecule has 0 radical (unpaired) electrons. The Morgan fingerprint density at radius 3 is 2.96 bits per heavy atom. The second-order valence-corrected chi connectivity index (χ2v) is 7.33. The number of hydrazone groups is 1. The van der Waals surface area contributed by atoms with Crippen LogP contribution in [-0.4, -0.2) is 22.9 Å². The third kappa shape index (κ3) is 4.11. The number of benzene rings is 2. The fourth-order valence-electron chi connectivity index (χ4n) is 1.88. The quantitative estimate of drug-likeness (QED) is 0.408. The van der Waals surface area contributed by atoms with E-state index in [-0.39, 0.29) is 22.2 Å². The van der Waals surface area contributed by atoms with Crippen molar-refractivity contribution in [2.24, 2.45) is 5.10 Å². The summed E-state index contributed by atoms with van der Waals surface area (Å²) in [5.41, 5.74) is 3.40. The molecular formula is C16H11ClFN3OS2. The summed E-state index contributed by atoms with van der Waals surface area (Å²) in [6.45, 7) is 0. The van der Waals surface area contributed by atoms with Crippen molar-refractivity contribution >= 4 is 57.0 Å². The summed E-state index contributed by atoms with van der Waals surface area (Å²) in [5, 5.41) is 3.97. The molecular weight excluding hydrogens is 369 g/mol. The lowest BCUT2D eigenvalue weighted by Crippen LogP contribution is -2.19. The van der Waals surface area contributed by atoms with Gasteiger partial charge in [0.05, 0.1) is 27.2 Å². The minimum atomic E-state index is -0.496. The number of rotatable bonds is 5. The van der Waals surface area contributed by atoms with E-state index in [9.17, 15) is 9.18 Å². The highest BCUT2D eigenvalue weighted by molar-refractivity contribution is 8.01. The molecule has 1 aromatic heterocycles. The van der Waals surface area contributed by atoms with Crippen molar-refractivity contribution in [3.8, 4) is 0 Å². The highest BCUT2D eigenvalue weighted by Crippen LogP contribution is 2.29. The summed E-state index contributed by atoms with van der Waals surface area (Å²) in [6, 6.07) is 12.1. The van der Waals surface area contributed by atoms with E-state index in [4.69, 9.17) is 11.6 Å². The summed E-state index contributed by atoms with van der Waals surface area (Å²) < 4.78 is 15.4. The number of fused-ring (bicyclic) bond motifs is 1. The molecule has 0 aliphatic rings. The predicted octanol–water partition coefficient (Wildman–Crippen LogP) is 4.33. The van der Waals surface area contributed by atoms with Crippen LogP contribution < -0.4 is 5.43 Å². The topological polar surface area (TPSA) is 54.4 Å². The summed E-state index contributed by atoms with van der Waals surface area (Å²) in [4.78, 5) is 16.2. The highest BCUT2D eigenvalue weighted by atomic mass is 35.5. The Bertz CT molecular complexity index is 860. The molecule has 0 fully saturated rings. The number of para-hydroxylation sites is 1. The van der Waals surface area contributed by atoms with Crippen LogP contribution in [0.4, 0.5) is 4.39 Å². The Balaban J connectivity index is 1.55. The maximum atomic E-state index is 13.5. The molecule has 0 saturated carbocycles. The third-order valence-electron chi connectivity index (χ3n) is 2.98. The Hall–Kier alpha value is -1.96. The average molecular weight is 380 g/mol. The van der Waals surface area contributed by atoms with Crippen molar-refractivity contribution in [3.05, 3.63) is 58.9 Å². The van der Waals surface area contributed by atoms with E-state index in [1.54, 1.807) is 6.07 Å². The van der Waals surface area contributed by atoms with E-state index in [1.807, 2.05) is 24.3 Å². The Morgan fingerprint density at radius 1 is 1.33 bits per heavy atom. The van der Waals surface area contributed by atoms with Gasteiger partial charge in [-0.15, -0.1) is 11.3 Å². The van der Waals surface area contributed by atoms with Crippen LogP contribution in [0.15, 0.2) is 51.9 Å². The van der Waals surface area contributed by atoms with E-state index < -0.39 is 5.82 Å². The van der Waals surface area contributed by atoms with Crippen molar-refractivity contribution in [2.75, 3.05) is 5.75 Å². The number of hydrogen-bond donors (Lipinski definition) is 1. The van der Waals surface area contributed by atoms with Gasteiger partial charge in [-0.3, -0.25) is 4.79 Å². The van der Waals surface area contributed by atoms with Crippen LogP contribution in [0.1, 0.15) is 5.56 Å². The largest absolute Gasteiger partial charge is 0.272 e. The van der Waals surface area contributed by atoms with Gasteiger partial charge in [-0.1, -0.05) is 41.6 Å². The number of aromatic nitrogens is 1. The molecule has 24 heavy (non-hydrogen) atoms. The van der Waals surface area contributed by atoms with E-state index in [2.05, 4.69) is 15.5 Å². The van der Waals surface area contributed by atoms with Crippen LogP contribution in [0.2, 0.25) is 5.02 Å². The molecule has 0 saturated heterocycles. The molecule has 3 aromatic rings. The van der Waals surface area contributed by atoms with Gasteiger partial charge in [-0.25, -0.2) is 14.8 Å². The molecule has 4 nitrogen and oxygen atoms in total. The maximum Gasteiger partial charge on any atom is 0.250 e. The fourth-order valence-corrected chi connectivity index (χ4v) is 3.95. The molecule has 1 amide bonds. The highest BCUT2D eigenvalue weighted by Gasteiger charge is 2.07. The number of halogens is 2. The van der Waals surface area contributed by atoms with Gasteiger partial charge in [0.2, 0.25) is 0 Å². The molecule has 1 N–H and O–H groups in total. The number of hydrogen-bond acceptors (Lipinski definition) is 5. The van der Waals surface area contributed by atoms with Gasteiger partial charge >= 0.3 is 0 Å². The molecule has 2 aromatic carbocycles. The van der Waals surface area contributed by atoms with Crippen LogP contribution in [0.3, 0.4) is 0 Å². The normalized spacial score (nSPS) is 11.2. The first-order valence-electron chi connectivity index (χ1n) is 6.88. The molecule has 0 aliphatic carbocycles. The summed E-state index contributed by atoms with van der Waals surface area (Å²) >= 11 is 8.73. The van der Waals surface area contributed by atoms with Crippen LogP contribution in [0.5, 0.6) is 0 Å². The summed E-state index contributed by atoms with van der Waals surface area (Å²) in [5.74, 6) is -0.630. The minimum absolute atomic E-state index is 0.137. The summed E-state index contributed by atoms with van der Waals surface area (Å²) in [7, 11) is 0. The SMILES string of the molecule is O=C(CSc1nc2ccccc2s1)NN=Cc1c(F)cccc1Cl.